The monoisotopic (exact) mass is 364 g/mol. The lowest BCUT2D eigenvalue weighted by Crippen LogP contribution is -2.48. The Morgan fingerprint density at radius 2 is 1.61 bits per heavy atom. The number of halogens is 2. The van der Waals surface area contributed by atoms with E-state index < -0.39 is 0 Å². The molecule has 1 aliphatic heterocycles. The molecule has 0 spiro atoms. The first-order valence-electron chi connectivity index (χ1n) is 7.51. The van der Waals surface area contributed by atoms with Gasteiger partial charge in [-0.1, -0.05) is 30.3 Å². The summed E-state index contributed by atoms with van der Waals surface area (Å²) in [4.78, 5) is 16.7. The number of Topliss-reactive ketones (excluding diaryl/α,β-unsaturated/α-hetero) is 1. The van der Waals surface area contributed by atoms with Gasteiger partial charge in [-0.25, -0.2) is 0 Å². The third-order valence-electron chi connectivity index (χ3n) is 3.72. The molecule has 23 heavy (non-hydrogen) atoms. The van der Waals surface area contributed by atoms with Gasteiger partial charge in [0.1, 0.15) is 0 Å². The summed E-state index contributed by atoms with van der Waals surface area (Å²) in [6.07, 6.45) is 0. The molecule has 0 aliphatic carbocycles. The van der Waals surface area contributed by atoms with Gasteiger partial charge in [0, 0.05) is 38.3 Å². The summed E-state index contributed by atoms with van der Waals surface area (Å²) >= 11 is 0. The molecular weight excluding hydrogens is 339 g/mol. The van der Waals surface area contributed by atoms with Gasteiger partial charge in [-0.05, 0) is 0 Å². The van der Waals surface area contributed by atoms with Crippen molar-refractivity contribution in [1.82, 2.24) is 9.80 Å². The van der Waals surface area contributed by atoms with Crippen LogP contribution in [0.4, 0.5) is 0 Å². The van der Waals surface area contributed by atoms with Crippen molar-refractivity contribution in [1.29, 1.82) is 0 Å². The molecule has 1 aromatic rings. The van der Waals surface area contributed by atoms with E-state index in [9.17, 15) is 4.79 Å². The van der Waals surface area contributed by atoms with E-state index in [2.05, 4.69) is 9.80 Å². The van der Waals surface area contributed by atoms with Gasteiger partial charge in [0.15, 0.2) is 5.78 Å². The van der Waals surface area contributed by atoms with E-state index in [1.54, 1.807) is 0 Å². The zero-order valence-corrected chi connectivity index (χ0v) is 14.9. The highest BCUT2D eigenvalue weighted by molar-refractivity contribution is 5.97. The Balaban J connectivity index is 0.00000242. The number of hydrogen-bond acceptors (Lipinski definition) is 5. The largest absolute Gasteiger partial charge is 0.394 e. The van der Waals surface area contributed by atoms with Crippen molar-refractivity contribution in [3.8, 4) is 0 Å². The number of aliphatic hydroxyl groups excluding tert-OH is 1. The fraction of sp³-hybridized carbons (Fsp3) is 0.562. The molecule has 1 fully saturated rings. The molecule has 1 heterocycles. The topological polar surface area (TPSA) is 53.0 Å². The Morgan fingerprint density at radius 3 is 2.22 bits per heavy atom. The van der Waals surface area contributed by atoms with E-state index in [-0.39, 0.29) is 37.2 Å². The fourth-order valence-corrected chi connectivity index (χ4v) is 2.45. The molecule has 132 valence electrons. The van der Waals surface area contributed by atoms with Crippen LogP contribution < -0.4 is 0 Å². The molecule has 7 heteroatoms. The SMILES string of the molecule is Cl.Cl.O=C(CN1CCN(CCOCCO)CC1)c1ccccc1. The maximum atomic E-state index is 12.1. The van der Waals surface area contributed by atoms with Gasteiger partial charge >= 0.3 is 0 Å². The predicted octanol–water partition coefficient (Wildman–Crippen LogP) is 1.34. The smallest absolute Gasteiger partial charge is 0.176 e. The zero-order valence-electron chi connectivity index (χ0n) is 13.2. The van der Waals surface area contributed by atoms with E-state index in [1.807, 2.05) is 30.3 Å². The first kappa shape index (κ1) is 22.3. The second kappa shape index (κ2) is 12.7. The van der Waals surface area contributed by atoms with Gasteiger partial charge in [0.2, 0.25) is 0 Å². The molecule has 0 amide bonds. The molecule has 1 N–H and O–H groups in total. The number of ketones is 1. The fourth-order valence-electron chi connectivity index (χ4n) is 2.45. The number of carbonyl (C=O) groups excluding carboxylic acids is 1. The summed E-state index contributed by atoms with van der Waals surface area (Å²) in [5, 5.41) is 8.64. The van der Waals surface area contributed by atoms with Crippen molar-refractivity contribution in [3.63, 3.8) is 0 Å². The first-order chi connectivity index (χ1) is 10.3. The third-order valence-corrected chi connectivity index (χ3v) is 3.72. The molecule has 1 aromatic carbocycles. The van der Waals surface area contributed by atoms with Crippen molar-refractivity contribution in [2.75, 3.05) is 59.1 Å². The van der Waals surface area contributed by atoms with E-state index in [4.69, 9.17) is 9.84 Å². The third kappa shape index (κ3) is 8.11. The lowest BCUT2D eigenvalue weighted by Gasteiger charge is -2.34. The Morgan fingerprint density at radius 1 is 1.00 bits per heavy atom. The number of ether oxygens (including phenoxy) is 1. The number of hydrogen-bond donors (Lipinski definition) is 1. The van der Waals surface area contributed by atoms with Gasteiger partial charge < -0.3 is 9.84 Å². The number of rotatable bonds is 8. The van der Waals surface area contributed by atoms with E-state index >= 15 is 0 Å². The maximum absolute atomic E-state index is 12.1. The molecule has 0 saturated carbocycles. The van der Waals surface area contributed by atoms with Gasteiger partial charge in [-0.15, -0.1) is 24.8 Å². The number of nitrogens with zero attached hydrogens (tertiary/aromatic N) is 2. The highest BCUT2D eigenvalue weighted by atomic mass is 35.5. The Hall–Kier alpha value is -0.690. The maximum Gasteiger partial charge on any atom is 0.176 e. The van der Waals surface area contributed by atoms with Gasteiger partial charge in [0.05, 0.1) is 26.4 Å². The number of aliphatic hydroxyl groups is 1. The minimum Gasteiger partial charge on any atom is -0.394 e. The van der Waals surface area contributed by atoms with Crippen molar-refractivity contribution in [2.45, 2.75) is 0 Å². The predicted molar refractivity (Wildman–Crippen MR) is 96.1 cm³/mol. The van der Waals surface area contributed by atoms with Crippen LogP contribution in [0.25, 0.3) is 0 Å². The van der Waals surface area contributed by atoms with Crippen LogP contribution in [0.2, 0.25) is 0 Å². The van der Waals surface area contributed by atoms with Crippen LogP contribution in [0.15, 0.2) is 30.3 Å². The van der Waals surface area contributed by atoms with Crippen LogP contribution in [0.1, 0.15) is 10.4 Å². The van der Waals surface area contributed by atoms with E-state index in [1.165, 1.54) is 0 Å². The highest BCUT2D eigenvalue weighted by Crippen LogP contribution is 2.05. The van der Waals surface area contributed by atoms with Gasteiger partial charge in [-0.3, -0.25) is 14.6 Å². The number of carbonyl (C=O) groups is 1. The van der Waals surface area contributed by atoms with Gasteiger partial charge in [0.25, 0.3) is 0 Å². The molecule has 0 bridgehead atoms. The minimum absolute atomic E-state index is 0. The molecule has 0 radical (unpaired) electrons. The molecule has 5 nitrogen and oxygen atoms in total. The second-order valence-corrected chi connectivity index (χ2v) is 5.24. The van der Waals surface area contributed by atoms with Crippen molar-refractivity contribution >= 4 is 30.6 Å². The summed E-state index contributed by atoms with van der Waals surface area (Å²) < 4.78 is 5.28. The molecule has 1 aliphatic rings. The second-order valence-electron chi connectivity index (χ2n) is 5.24. The first-order valence-corrected chi connectivity index (χ1v) is 7.51. The van der Waals surface area contributed by atoms with Crippen molar-refractivity contribution in [3.05, 3.63) is 35.9 Å². The number of benzene rings is 1. The van der Waals surface area contributed by atoms with E-state index in [0.29, 0.717) is 19.8 Å². The summed E-state index contributed by atoms with van der Waals surface area (Å²) in [7, 11) is 0. The van der Waals surface area contributed by atoms with Crippen molar-refractivity contribution < 1.29 is 14.6 Å². The average Bonchev–Trinajstić information content (AvgIpc) is 2.54. The summed E-state index contributed by atoms with van der Waals surface area (Å²) in [5.41, 5.74) is 0.789. The molecule has 1 saturated heterocycles. The van der Waals surface area contributed by atoms with Crippen molar-refractivity contribution in [2.24, 2.45) is 0 Å². The van der Waals surface area contributed by atoms with Crippen LogP contribution >= 0.6 is 24.8 Å². The Bertz CT molecular complexity index is 427. The quantitative estimate of drug-likeness (QED) is 0.557. The molecule has 0 atom stereocenters. The molecule has 2 rings (SSSR count). The lowest BCUT2D eigenvalue weighted by atomic mass is 10.1. The van der Waals surface area contributed by atoms with Crippen LogP contribution in [0.3, 0.4) is 0 Å². The zero-order chi connectivity index (χ0) is 14.9. The van der Waals surface area contributed by atoms with Gasteiger partial charge in [-0.2, -0.15) is 0 Å². The Kier molecular flexibility index (Phi) is 12.3. The summed E-state index contributed by atoms with van der Waals surface area (Å²) in [5.74, 6) is 0.190. The lowest BCUT2D eigenvalue weighted by molar-refractivity contribution is 0.0560. The normalized spacial score (nSPS) is 15.5. The highest BCUT2D eigenvalue weighted by Gasteiger charge is 2.19. The molecular formula is C16H26Cl2N2O3. The van der Waals surface area contributed by atoms with Crippen LogP contribution in [-0.2, 0) is 4.74 Å². The summed E-state index contributed by atoms with van der Waals surface area (Å²) in [6, 6.07) is 9.47. The number of piperazine rings is 1. The molecule has 0 unspecified atom stereocenters. The van der Waals surface area contributed by atoms with Crippen LogP contribution in [0.5, 0.6) is 0 Å². The standard InChI is InChI=1S/C16H24N2O3.2ClH/c19-11-13-21-12-10-17-6-8-18(9-7-17)14-16(20)15-4-2-1-3-5-15;;/h1-5,19H,6-14H2;2*1H. The summed E-state index contributed by atoms with van der Waals surface area (Å²) in [6.45, 7) is 6.29. The molecule has 0 aromatic heterocycles. The average molecular weight is 365 g/mol. The minimum atomic E-state index is 0. The van der Waals surface area contributed by atoms with Crippen LogP contribution in [-0.4, -0.2) is 79.8 Å². The van der Waals surface area contributed by atoms with E-state index in [0.717, 1.165) is 38.3 Å². The Labute approximate surface area is 150 Å². The van der Waals surface area contributed by atoms with Crippen LogP contribution in [0, 0.1) is 0 Å².